The molecule has 0 unspecified atom stereocenters. The van der Waals surface area contributed by atoms with Crippen molar-refractivity contribution in [1.29, 1.82) is 5.41 Å². The number of anilines is 1. The van der Waals surface area contributed by atoms with E-state index in [-0.39, 0.29) is 52.4 Å². The number of ketones is 1. The number of nitrogens with zero attached hydrogens (tertiary/aromatic N) is 2. The summed E-state index contributed by atoms with van der Waals surface area (Å²) in [5.41, 5.74) is 3.83. The lowest BCUT2D eigenvalue weighted by Gasteiger charge is -2.37. The number of nitrogens with one attached hydrogen (secondary N) is 2. The van der Waals surface area contributed by atoms with Gasteiger partial charge in [0.05, 0.1) is 18.7 Å². The minimum Gasteiger partial charge on any atom is -0.493 e. The standard InChI is InChI=1S/C26H30N4O4.BrH/c1-6-34-22-10-16-13-30(24(27)17(16)11-18(22)25(33)28-4)14-21(31)15-7-8-20-19(9-15)26(2,3)12-23(32)29(20)5;/h7-11,27H,6,12-14H2,1-5H3,(H,28,33);1H. The van der Waals surface area contributed by atoms with E-state index < -0.39 is 0 Å². The molecule has 8 nitrogen and oxygen atoms in total. The van der Waals surface area contributed by atoms with Crippen molar-refractivity contribution in [3.8, 4) is 5.75 Å². The zero-order valence-electron chi connectivity index (χ0n) is 20.7. The molecule has 4 rings (SSSR count). The van der Waals surface area contributed by atoms with Gasteiger partial charge in [-0.2, -0.15) is 0 Å². The van der Waals surface area contributed by atoms with E-state index in [1.807, 2.05) is 32.9 Å². The lowest BCUT2D eigenvalue weighted by atomic mass is 9.76. The monoisotopic (exact) mass is 542 g/mol. The fraction of sp³-hybridized carbons (Fsp3) is 0.385. The van der Waals surface area contributed by atoms with Crippen LogP contribution in [0.2, 0.25) is 0 Å². The number of Topliss-reactive ketones (excluding diaryl/α,β-unsaturated/α-hetero) is 1. The summed E-state index contributed by atoms with van der Waals surface area (Å²) in [5.74, 6) is 0.348. The maximum absolute atomic E-state index is 13.2. The maximum atomic E-state index is 13.2. The summed E-state index contributed by atoms with van der Waals surface area (Å²) in [6.45, 7) is 6.72. The first-order valence-corrected chi connectivity index (χ1v) is 11.4. The first kappa shape index (κ1) is 26.4. The molecular weight excluding hydrogens is 512 g/mol. The van der Waals surface area contributed by atoms with Crippen molar-refractivity contribution in [3.05, 3.63) is 58.1 Å². The SMILES string of the molecule is Br.CCOc1cc2c(cc1C(=O)NC)C(=N)N(CC(=O)c1ccc3c(c1)C(C)(C)CC(=O)N3C)C2. The molecule has 2 N–H and O–H groups in total. The van der Waals surface area contributed by atoms with E-state index in [0.717, 1.165) is 16.8 Å². The number of hydrogen-bond donors (Lipinski definition) is 2. The quantitative estimate of drug-likeness (QED) is 0.542. The van der Waals surface area contributed by atoms with Gasteiger partial charge >= 0.3 is 0 Å². The van der Waals surface area contributed by atoms with Crippen molar-refractivity contribution >= 4 is 46.1 Å². The number of rotatable bonds is 6. The van der Waals surface area contributed by atoms with Crippen molar-refractivity contribution in [2.75, 3.05) is 32.1 Å². The normalized spacial score (nSPS) is 15.8. The van der Waals surface area contributed by atoms with Gasteiger partial charge in [0.15, 0.2) is 5.78 Å². The molecule has 2 aliphatic rings. The molecule has 0 saturated heterocycles. The minimum absolute atomic E-state index is 0. The van der Waals surface area contributed by atoms with Crippen LogP contribution in [0.15, 0.2) is 30.3 Å². The lowest BCUT2D eigenvalue weighted by Crippen LogP contribution is -2.39. The highest BCUT2D eigenvalue weighted by atomic mass is 79.9. The van der Waals surface area contributed by atoms with E-state index >= 15 is 0 Å². The van der Waals surface area contributed by atoms with E-state index in [2.05, 4.69) is 5.32 Å². The fourth-order valence-corrected chi connectivity index (χ4v) is 4.69. The first-order valence-electron chi connectivity index (χ1n) is 11.4. The van der Waals surface area contributed by atoms with Gasteiger partial charge in [-0.3, -0.25) is 19.8 Å². The number of amidine groups is 1. The van der Waals surface area contributed by atoms with Crippen molar-refractivity contribution in [2.24, 2.45) is 0 Å². The summed E-state index contributed by atoms with van der Waals surface area (Å²) in [4.78, 5) is 41.2. The number of amides is 2. The summed E-state index contributed by atoms with van der Waals surface area (Å²) >= 11 is 0. The molecule has 0 spiro atoms. The summed E-state index contributed by atoms with van der Waals surface area (Å²) in [7, 11) is 3.30. The van der Waals surface area contributed by atoms with Gasteiger partial charge in [-0.05, 0) is 48.4 Å². The number of ether oxygens (including phenoxy) is 1. The molecule has 2 amide bonds. The van der Waals surface area contributed by atoms with Crippen LogP contribution in [0, 0.1) is 5.41 Å². The zero-order chi connectivity index (χ0) is 24.8. The van der Waals surface area contributed by atoms with Crippen LogP contribution in [0.3, 0.4) is 0 Å². The molecule has 35 heavy (non-hydrogen) atoms. The predicted octanol–water partition coefficient (Wildman–Crippen LogP) is 3.69. The summed E-state index contributed by atoms with van der Waals surface area (Å²) in [6, 6.07) is 8.91. The van der Waals surface area contributed by atoms with E-state index in [9.17, 15) is 14.4 Å². The highest BCUT2D eigenvalue weighted by Gasteiger charge is 2.36. The number of carbonyl (C=O) groups is 3. The number of carbonyl (C=O) groups excluding carboxylic acids is 3. The predicted molar refractivity (Wildman–Crippen MR) is 140 cm³/mol. The lowest BCUT2D eigenvalue weighted by molar-refractivity contribution is -0.119. The molecule has 0 radical (unpaired) electrons. The number of hydrogen-bond acceptors (Lipinski definition) is 5. The fourth-order valence-electron chi connectivity index (χ4n) is 4.69. The van der Waals surface area contributed by atoms with Crippen LogP contribution in [0.25, 0.3) is 0 Å². The highest BCUT2D eigenvalue weighted by molar-refractivity contribution is 8.93. The van der Waals surface area contributed by atoms with Gasteiger partial charge in [0.1, 0.15) is 11.6 Å². The third-order valence-corrected chi connectivity index (χ3v) is 6.62. The van der Waals surface area contributed by atoms with Crippen LogP contribution >= 0.6 is 17.0 Å². The molecule has 0 atom stereocenters. The Kier molecular flexibility index (Phi) is 7.40. The van der Waals surface area contributed by atoms with Crippen LogP contribution in [0.4, 0.5) is 5.69 Å². The van der Waals surface area contributed by atoms with Crippen molar-refractivity contribution in [2.45, 2.75) is 39.2 Å². The topological polar surface area (TPSA) is 103 Å². The number of fused-ring (bicyclic) bond motifs is 2. The third-order valence-electron chi connectivity index (χ3n) is 6.62. The zero-order valence-corrected chi connectivity index (χ0v) is 22.4. The molecule has 2 aromatic rings. The van der Waals surface area contributed by atoms with Gasteiger partial charge in [-0.25, -0.2) is 0 Å². The Balaban J connectivity index is 0.00000342. The molecule has 2 aromatic carbocycles. The van der Waals surface area contributed by atoms with Gasteiger partial charge in [0.2, 0.25) is 5.91 Å². The van der Waals surface area contributed by atoms with Crippen LogP contribution in [0.5, 0.6) is 5.75 Å². The molecular formula is C26H31BrN4O4. The molecule has 0 saturated carbocycles. The van der Waals surface area contributed by atoms with Gasteiger partial charge in [-0.1, -0.05) is 13.8 Å². The van der Waals surface area contributed by atoms with Crippen molar-refractivity contribution < 1.29 is 19.1 Å². The van der Waals surface area contributed by atoms with Crippen LogP contribution in [-0.4, -0.2) is 55.6 Å². The summed E-state index contributed by atoms with van der Waals surface area (Å²) < 4.78 is 5.65. The molecule has 2 aliphatic heterocycles. The Morgan fingerprint density at radius 2 is 1.91 bits per heavy atom. The van der Waals surface area contributed by atoms with Gasteiger partial charge in [0, 0.05) is 49.3 Å². The Labute approximate surface area is 215 Å². The maximum Gasteiger partial charge on any atom is 0.254 e. The van der Waals surface area contributed by atoms with Crippen LogP contribution in [-0.2, 0) is 16.8 Å². The summed E-state index contributed by atoms with van der Waals surface area (Å²) in [6.07, 6.45) is 0.385. The molecule has 186 valence electrons. The van der Waals surface area contributed by atoms with E-state index in [1.54, 1.807) is 42.1 Å². The molecule has 0 bridgehead atoms. The molecule has 2 heterocycles. The van der Waals surface area contributed by atoms with E-state index in [4.69, 9.17) is 10.1 Å². The average molecular weight is 543 g/mol. The minimum atomic E-state index is -0.363. The number of benzene rings is 2. The van der Waals surface area contributed by atoms with E-state index in [1.165, 1.54) is 0 Å². The van der Waals surface area contributed by atoms with Gasteiger partial charge < -0.3 is 19.9 Å². The second kappa shape index (κ2) is 9.81. The molecule has 0 fully saturated rings. The molecule has 0 aromatic heterocycles. The van der Waals surface area contributed by atoms with Gasteiger partial charge in [0.25, 0.3) is 5.91 Å². The second-order valence-corrected chi connectivity index (χ2v) is 9.39. The Morgan fingerprint density at radius 3 is 2.57 bits per heavy atom. The molecule has 9 heteroatoms. The highest BCUT2D eigenvalue weighted by Crippen LogP contribution is 2.40. The Hall–Kier alpha value is -3.20. The van der Waals surface area contributed by atoms with Crippen LogP contribution in [0.1, 0.15) is 64.6 Å². The molecule has 0 aliphatic carbocycles. The van der Waals surface area contributed by atoms with Crippen molar-refractivity contribution in [1.82, 2.24) is 10.2 Å². The smallest absolute Gasteiger partial charge is 0.254 e. The van der Waals surface area contributed by atoms with Gasteiger partial charge in [-0.15, -0.1) is 17.0 Å². The Morgan fingerprint density at radius 1 is 1.20 bits per heavy atom. The second-order valence-electron chi connectivity index (χ2n) is 9.39. The largest absolute Gasteiger partial charge is 0.493 e. The van der Waals surface area contributed by atoms with E-state index in [0.29, 0.717) is 42.0 Å². The van der Waals surface area contributed by atoms with Crippen molar-refractivity contribution in [3.63, 3.8) is 0 Å². The van der Waals surface area contributed by atoms with Crippen LogP contribution < -0.4 is 15.0 Å². The summed E-state index contributed by atoms with van der Waals surface area (Å²) in [5, 5.41) is 11.2. The average Bonchev–Trinajstić information content (AvgIpc) is 3.10. The number of halogens is 1. The first-order chi connectivity index (χ1) is 16.1. The Bertz CT molecular complexity index is 1220. The third kappa shape index (κ3) is 4.69.